The van der Waals surface area contributed by atoms with Crippen LogP contribution in [0.2, 0.25) is 0 Å². The fraction of sp³-hybridized carbons (Fsp3) is 0. The molecule has 0 radical (unpaired) electrons. The van der Waals surface area contributed by atoms with Gasteiger partial charge in [-0.3, -0.25) is 0 Å². The second kappa shape index (κ2) is 29.8. The maximum atomic E-state index is 2.40. The summed E-state index contributed by atoms with van der Waals surface area (Å²) in [6.45, 7) is 0. The van der Waals surface area contributed by atoms with Crippen LogP contribution in [0.25, 0.3) is 220 Å². The molecule has 6 aromatic heterocycles. The van der Waals surface area contributed by atoms with E-state index in [1.54, 1.807) is 0 Å². The molecule has 6 heteroatoms. The van der Waals surface area contributed by atoms with Crippen molar-refractivity contribution >= 4 is 142 Å². The van der Waals surface area contributed by atoms with Crippen molar-refractivity contribution in [2.24, 2.45) is 0 Å². The Bertz CT molecular complexity index is 8480. The summed E-state index contributed by atoms with van der Waals surface area (Å²) in [5, 5.41) is 17.7. The van der Waals surface area contributed by atoms with Gasteiger partial charge in [0, 0.05) is 98.8 Å². The van der Waals surface area contributed by atoms with Gasteiger partial charge in [0.15, 0.2) is 0 Å². The van der Waals surface area contributed by atoms with Gasteiger partial charge in [0.2, 0.25) is 0 Å². The number of nitrogens with zero attached hydrogens (tertiary/aromatic N) is 6. The predicted molar refractivity (Wildman–Crippen MR) is 525 cm³/mol. The minimum Gasteiger partial charge on any atom is -0.309 e. The van der Waals surface area contributed by atoms with Gasteiger partial charge in [0.1, 0.15) is 0 Å². The molecule has 0 aliphatic rings. The normalized spacial score (nSPS) is 11.7. The Labute approximate surface area is 716 Å². The monoisotopic (exact) mass is 1580 g/mol. The molecule has 0 spiro atoms. The van der Waals surface area contributed by atoms with E-state index in [1.807, 2.05) is 0 Å². The summed E-state index contributed by atoms with van der Waals surface area (Å²) >= 11 is 0. The van der Waals surface area contributed by atoms with Crippen LogP contribution in [0.3, 0.4) is 0 Å². The van der Waals surface area contributed by atoms with Crippen molar-refractivity contribution in [2.75, 3.05) is 0 Å². The third-order valence-corrected chi connectivity index (χ3v) is 25.3. The Morgan fingerprint density at radius 2 is 0.282 bits per heavy atom. The van der Waals surface area contributed by atoms with Gasteiger partial charge in [-0.25, -0.2) is 0 Å². The highest BCUT2D eigenvalue weighted by molar-refractivity contribution is 6.17. The summed E-state index contributed by atoms with van der Waals surface area (Å²) in [4.78, 5) is 0. The minimum absolute atomic E-state index is 1.17. The van der Waals surface area contributed by atoms with Crippen molar-refractivity contribution in [2.45, 2.75) is 0 Å². The molecule has 20 aromatic carbocycles. The smallest absolute Gasteiger partial charge is 0.0541 e. The molecule has 0 amide bonds. The molecule has 0 fully saturated rings. The minimum atomic E-state index is 1.17. The Hall–Kier alpha value is -16.5. The Kier molecular flexibility index (Phi) is 17.2. The molecule has 0 unspecified atom stereocenters. The Balaban J connectivity index is 0.000000105. The van der Waals surface area contributed by atoms with Crippen molar-refractivity contribution in [3.05, 3.63) is 473 Å². The van der Waals surface area contributed by atoms with Gasteiger partial charge in [0.25, 0.3) is 0 Å². The molecule has 0 atom stereocenters. The van der Waals surface area contributed by atoms with E-state index in [-0.39, 0.29) is 0 Å². The molecule has 0 aliphatic carbocycles. The fourth-order valence-corrected chi connectivity index (χ4v) is 19.6. The van der Waals surface area contributed by atoms with Gasteiger partial charge in [-0.2, -0.15) is 0 Å². The van der Waals surface area contributed by atoms with Crippen LogP contribution < -0.4 is 0 Å². The van der Waals surface area contributed by atoms with Gasteiger partial charge >= 0.3 is 0 Å². The fourth-order valence-electron chi connectivity index (χ4n) is 19.6. The third kappa shape index (κ3) is 12.0. The van der Waals surface area contributed by atoms with Gasteiger partial charge in [-0.1, -0.05) is 291 Å². The van der Waals surface area contributed by atoms with E-state index >= 15 is 0 Å². The van der Waals surface area contributed by atoms with Crippen molar-refractivity contribution in [3.8, 4) is 78.6 Å². The van der Waals surface area contributed by atoms with Crippen molar-refractivity contribution in [3.63, 3.8) is 0 Å². The summed E-state index contributed by atoms with van der Waals surface area (Å²) < 4.78 is 14.3. The molecule has 6 nitrogen and oxygen atoms in total. The predicted octanol–water partition coefficient (Wildman–Crippen LogP) is 31.5. The van der Waals surface area contributed by atoms with E-state index in [1.165, 1.54) is 220 Å². The molecule has 580 valence electrons. The molecular weight excluding hydrogens is 1500 g/mol. The third-order valence-electron chi connectivity index (χ3n) is 25.3. The van der Waals surface area contributed by atoms with Crippen molar-refractivity contribution in [1.82, 2.24) is 27.4 Å². The van der Waals surface area contributed by atoms with E-state index < -0.39 is 0 Å². The largest absolute Gasteiger partial charge is 0.309 e. The highest BCUT2D eigenvalue weighted by Crippen LogP contribution is 2.44. The van der Waals surface area contributed by atoms with Crippen molar-refractivity contribution in [1.29, 1.82) is 0 Å². The molecule has 0 saturated carbocycles. The molecule has 26 rings (SSSR count). The first-order valence-corrected chi connectivity index (χ1v) is 42.6. The second-order valence-corrected chi connectivity index (χ2v) is 32.3. The van der Waals surface area contributed by atoms with Gasteiger partial charge < -0.3 is 27.4 Å². The number of fused-ring (bicyclic) bond motifs is 19. The zero-order valence-electron chi connectivity index (χ0n) is 67.7. The Morgan fingerprint density at radius 3 is 0.556 bits per heavy atom. The highest BCUT2D eigenvalue weighted by Gasteiger charge is 2.22. The SMILES string of the molecule is c1ccc(-c2ccc(-n3c4ccccc4c4cc(-c5ccc6c(c5)c5ccccc5n6-c5ccccc5)ccc43)cc2)cc1.c1ccc(-n2c3ccccc3c3cc(-c4ccc5c(c4)c4ccccc4n5-c4ccc5ccccc5c4)ccc32)cc1.c1ccc(-n2c3ccccc3c3cc(-c4ccc5c(c4)c4ccccc4n5-c4ccccc4)ccc32)cc1. The average molecular weight is 1580 g/mol. The lowest BCUT2D eigenvalue weighted by molar-refractivity contribution is 1.18. The van der Waals surface area contributed by atoms with Crippen LogP contribution in [0.1, 0.15) is 0 Å². The van der Waals surface area contributed by atoms with E-state index in [0.717, 1.165) is 0 Å². The van der Waals surface area contributed by atoms with E-state index in [2.05, 4.69) is 501 Å². The highest BCUT2D eigenvalue weighted by atomic mass is 15.0. The average Bonchev–Trinajstić information content (AvgIpc) is 1.59. The van der Waals surface area contributed by atoms with Crippen LogP contribution in [0, 0.1) is 0 Å². The number of aromatic nitrogens is 6. The molecule has 0 N–H and O–H groups in total. The molecule has 0 saturated heterocycles. The maximum absolute atomic E-state index is 2.40. The molecular formula is C118H78N6. The summed E-state index contributed by atoms with van der Waals surface area (Å²) in [6, 6.07) is 171. The van der Waals surface area contributed by atoms with E-state index in [9.17, 15) is 0 Å². The zero-order chi connectivity index (χ0) is 81.7. The number of hydrogen-bond donors (Lipinski definition) is 0. The van der Waals surface area contributed by atoms with Gasteiger partial charge in [0.05, 0.1) is 66.2 Å². The van der Waals surface area contributed by atoms with Crippen molar-refractivity contribution < 1.29 is 0 Å². The summed E-state index contributed by atoms with van der Waals surface area (Å²) in [5.74, 6) is 0. The molecule has 0 aliphatic heterocycles. The van der Waals surface area contributed by atoms with Crippen LogP contribution in [0.5, 0.6) is 0 Å². The number of benzene rings is 20. The summed E-state index contributed by atoms with van der Waals surface area (Å²) in [6.07, 6.45) is 0. The summed E-state index contributed by atoms with van der Waals surface area (Å²) in [7, 11) is 0. The van der Waals surface area contributed by atoms with Crippen LogP contribution in [-0.2, 0) is 0 Å². The van der Waals surface area contributed by atoms with Gasteiger partial charge in [-0.15, -0.1) is 0 Å². The zero-order valence-corrected chi connectivity index (χ0v) is 67.7. The first-order valence-electron chi connectivity index (χ1n) is 42.6. The lowest BCUT2D eigenvalue weighted by Crippen LogP contribution is -1.93. The lowest BCUT2D eigenvalue weighted by Gasteiger charge is -2.10. The quantitative estimate of drug-likeness (QED) is 0.131. The van der Waals surface area contributed by atoms with Crippen LogP contribution in [0.15, 0.2) is 473 Å². The Morgan fingerprint density at radius 1 is 0.0968 bits per heavy atom. The second-order valence-electron chi connectivity index (χ2n) is 32.3. The van der Waals surface area contributed by atoms with Crippen LogP contribution >= 0.6 is 0 Å². The topological polar surface area (TPSA) is 29.6 Å². The number of hydrogen-bond acceptors (Lipinski definition) is 0. The van der Waals surface area contributed by atoms with Gasteiger partial charge in [-0.05, 0) is 237 Å². The number of para-hydroxylation sites is 10. The van der Waals surface area contributed by atoms with Crippen LogP contribution in [0.4, 0.5) is 0 Å². The van der Waals surface area contributed by atoms with E-state index in [4.69, 9.17) is 0 Å². The van der Waals surface area contributed by atoms with Crippen LogP contribution in [-0.4, -0.2) is 27.4 Å². The molecule has 26 aromatic rings. The maximum Gasteiger partial charge on any atom is 0.0541 e. The first kappa shape index (κ1) is 71.6. The standard InChI is InChI=1S/C42H28N2.C40H26N2.C36H24N2/c1-3-11-29(12-4-1)30-19-23-34(24-20-30)44-40-18-10-8-16-36(40)38-28-32(22-26-42(38)44)31-21-25-41-37(27-31)35-15-7-9-17-39(35)43(41)33-13-5-2-6-14-33;1-2-12-31(13-3-1)41-37-16-8-6-14-33(37)35-25-29(19-22-39(35)41)30-20-23-40-36(26-30)34-15-7-9-17-38(34)42(40)32-21-18-27-10-4-5-11-28(27)24-32;1-3-11-27(12-4-1)37-33-17-9-7-15-29(33)31-23-25(19-21-35(31)37)26-20-22-36-32(24-26)30-16-8-10-18-34(30)38(36)28-13-5-2-6-14-28/h1-28H;1-26H;1-24H. The van der Waals surface area contributed by atoms with E-state index in [0.29, 0.717) is 0 Å². The summed E-state index contributed by atoms with van der Waals surface area (Å²) in [5.41, 5.74) is 31.5. The number of rotatable bonds is 10. The lowest BCUT2D eigenvalue weighted by atomic mass is 10.0. The first-order chi connectivity index (χ1) is 61.5. The molecule has 6 heterocycles. The molecule has 0 bridgehead atoms. The molecule has 124 heavy (non-hydrogen) atoms.